The van der Waals surface area contributed by atoms with Crippen LogP contribution in [0, 0.1) is 0 Å². The van der Waals surface area contributed by atoms with Crippen molar-refractivity contribution in [3.05, 3.63) is 11.8 Å². The quantitative estimate of drug-likeness (QED) is 0.584. The van der Waals surface area contributed by atoms with Gasteiger partial charge in [0.2, 0.25) is 5.91 Å². The summed E-state index contributed by atoms with van der Waals surface area (Å²) in [7, 11) is -5.78. The predicted molar refractivity (Wildman–Crippen MR) is 62.2 cm³/mol. The van der Waals surface area contributed by atoms with E-state index in [9.17, 15) is 31.2 Å². The molecule has 1 atom stereocenters. The van der Waals surface area contributed by atoms with E-state index >= 15 is 0 Å². The monoisotopic (exact) mass is 331 g/mol. The van der Waals surface area contributed by atoms with Crippen molar-refractivity contribution >= 4 is 22.0 Å². The number of nitrogens with one attached hydrogen (secondary N) is 1. The summed E-state index contributed by atoms with van der Waals surface area (Å²) in [4.78, 5) is 22.2. The van der Waals surface area contributed by atoms with Gasteiger partial charge in [-0.2, -0.15) is 21.6 Å². The summed E-state index contributed by atoms with van der Waals surface area (Å²) in [5.74, 6) is -2.50. The van der Waals surface area contributed by atoms with Gasteiger partial charge in [-0.3, -0.25) is 4.79 Å². The lowest BCUT2D eigenvalue weighted by molar-refractivity contribution is -0.148. The Balaban J connectivity index is 2.91. The maximum Gasteiger partial charge on any atom is 0.534 e. The number of halogens is 3. The van der Waals surface area contributed by atoms with Crippen molar-refractivity contribution in [1.82, 2.24) is 5.32 Å². The number of aliphatic carboxylic acids is 1. The Kier molecular flexibility index (Phi) is 4.56. The van der Waals surface area contributed by atoms with Crippen molar-refractivity contribution in [2.24, 2.45) is 0 Å². The fourth-order valence-corrected chi connectivity index (χ4v) is 2.32. The Morgan fingerprint density at radius 1 is 1.43 bits per heavy atom. The number of allylic oxidation sites excluding steroid dienone is 1. The second-order valence-corrected chi connectivity index (χ2v) is 5.96. The Bertz CT molecular complexity index is 582. The van der Waals surface area contributed by atoms with E-state index in [0.717, 1.165) is 13.0 Å². The summed E-state index contributed by atoms with van der Waals surface area (Å²) in [6.45, 7) is 1.09. The van der Waals surface area contributed by atoms with Crippen LogP contribution < -0.4 is 5.32 Å². The maximum absolute atomic E-state index is 12.1. The van der Waals surface area contributed by atoms with Gasteiger partial charge < -0.3 is 14.6 Å². The van der Waals surface area contributed by atoms with Gasteiger partial charge in [0.25, 0.3) is 0 Å². The number of alkyl halides is 3. The second kappa shape index (κ2) is 5.54. The molecule has 0 aromatic rings. The van der Waals surface area contributed by atoms with Crippen LogP contribution in [0.5, 0.6) is 0 Å². The molecule has 0 aromatic carbocycles. The van der Waals surface area contributed by atoms with Crippen LogP contribution in [0.25, 0.3) is 0 Å². The van der Waals surface area contributed by atoms with Crippen molar-refractivity contribution < 1.29 is 40.5 Å². The molecule has 0 spiro atoms. The lowest BCUT2D eigenvalue weighted by Crippen LogP contribution is -2.54. The maximum atomic E-state index is 12.1. The fraction of sp³-hybridized carbons (Fsp3) is 0.600. The molecule has 2 N–H and O–H groups in total. The van der Waals surface area contributed by atoms with Gasteiger partial charge >= 0.3 is 21.6 Å². The summed E-state index contributed by atoms with van der Waals surface area (Å²) in [6, 6.07) is 0. The summed E-state index contributed by atoms with van der Waals surface area (Å²) < 4.78 is 62.0. The largest absolute Gasteiger partial charge is 0.534 e. The molecule has 0 fully saturated rings. The van der Waals surface area contributed by atoms with Gasteiger partial charge in [0.05, 0.1) is 0 Å². The molecule has 1 aliphatic rings. The van der Waals surface area contributed by atoms with E-state index in [0.29, 0.717) is 0 Å². The second-order valence-electron chi connectivity index (χ2n) is 4.43. The van der Waals surface area contributed by atoms with E-state index in [1.54, 1.807) is 0 Å². The molecule has 0 saturated heterocycles. The molecular weight excluding hydrogens is 319 g/mol. The summed E-state index contributed by atoms with van der Waals surface area (Å²) in [6.07, 6.45) is -0.134. The Morgan fingerprint density at radius 3 is 2.33 bits per heavy atom. The minimum atomic E-state index is -5.78. The van der Waals surface area contributed by atoms with Crippen LogP contribution in [0.2, 0.25) is 0 Å². The third kappa shape index (κ3) is 3.86. The van der Waals surface area contributed by atoms with Crippen molar-refractivity contribution in [3.63, 3.8) is 0 Å². The van der Waals surface area contributed by atoms with Crippen molar-refractivity contribution in [2.75, 3.05) is 0 Å². The van der Waals surface area contributed by atoms with Crippen LogP contribution in [-0.4, -0.2) is 36.4 Å². The van der Waals surface area contributed by atoms with Crippen molar-refractivity contribution in [1.29, 1.82) is 0 Å². The molecule has 0 aliphatic heterocycles. The molecule has 1 amide bonds. The van der Waals surface area contributed by atoms with Crippen LogP contribution >= 0.6 is 0 Å². The van der Waals surface area contributed by atoms with E-state index in [2.05, 4.69) is 9.50 Å². The number of amides is 1. The number of carboxylic acids is 1. The lowest BCUT2D eigenvalue weighted by Gasteiger charge is -2.32. The summed E-state index contributed by atoms with van der Waals surface area (Å²) >= 11 is 0. The highest BCUT2D eigenvalue weighted by Crippen LogP contribution is 2.33. The molecule has 0 bridgehead atoms. The highest BCUT2D eigenvalue weighted by molar-refractivity contribution is 7.87. The fourth-order valence-electron chi connectivity index (χ4n) is 1.79. The highest BCUT2D eigenvalue weighted by atomic mass is 32.2. The first-order chi connectivity index (χ1) is 9.40. The zero-order chi connectivity index (χ0) is 16.5. The molecule has 1 unspecified atom stereocenters. The average molecular weight is 331 g/mol. The van der Waals surface area contributed by atoms with Gasteiger partial charge in [-0.1, -0.05) is 0 Å². The Labute approximate surface area is 117 Å². The summed E-state index contributed by atoms with van der Waals surface area (Å²) in [5.41, 5.74) is -7.24. The molecular formula is C10H12F3NO6S. The Hall–Kier alpha value is -1.78. The van der Waals surface area contributed by atoms with Gasteiger partial charge in [0.1, 0.15) is 11.3 Å². The molecule has 21 heavy (non-hydrogen) atoms. The van der Waals surface area contributed by atoms with Crippen molar-refractivity contribution in [2.45, 2.75) is 37.2 Å². The molecule has 0 saturated carbocycles. The van der Waals surface area contributed by atoms with Gasteiger partial charge in [0.15, 0.2) is 0 Å². The SMILES string of the molecule is CC(=O)NC1(C(=O)O)CC=C(OS(=O)(=O)C(F)(F)F)CC1. The molecule has 1 aliphatic carbocycles. The van der Waals surface area contributed by atoms with Crippen LogP contribution in [0.3, 0.4) is 0 Å². The van der Waals surface area contributed by atoms with E-state index in [4.69, 9.17) is 5.11 Å². The first-order valence-electron chi connectivity index (χ1n) is 5.61. The van der Waals surface area contributed by atoms with Gasteiger partial charge in [-0.25, -0.2) is 4.79 Å². The highest BCUT2D eigenvalue weighted by Gasteiger charge is 2.49. The molecule has 0 radical (unpaired) electrons. The average Bonchev–Trinajstić information content (AvgIpc) is 2.29. The van der Waals surface area contributed by atoms with Crippen molar-refractivity contribution in [3.8, 4) is 0 Å². The minimum Gasteiger partial charge on any atom is -0.479 e. The lowest BCUT2D eigenvalue weighted by atomic mass is 9.85. The van der Waals surface area contributed by atoms with E-state index in [1.807, 2.05) is 0 Å². The smallest absolute Gasteiger partial charge is 0.479 e. The zero-order valence-corrected chi connectivity index (χ0v) is 11.5. The molecule has 0 aromatic heterocycles. The first kappa shape index (κ1) is 17.3. The Morgan fingerprint density at radius 2 is 2.00 bits per heavy atom. The van der Waals surface area contributed by atoms with Crippen LogP contribution in [0.4, 0.5) is 13.2 Å². The minimum absolute atomic E-state index is 0.291. The predicted octanol–water partition coefficient (Wildman–Crippen LogP) is 0.880. The van der Waals surface area contributed by atoms with Gasteiger partial charge in [-0.05, 0) is 12.5 Å². The van der Waals surface area contributed by atoms with Gasteiger partial charge in [0, 0.05) is 19.8 Å². The standard InChI is InChI=1S/C10H12F3NO6S/c1-6(15)14-9(8(16)17)4-2-7(3-5-9)20-21(18,19)10(11,12)13/h2H,3-5H2,1H3,(H,14,15)(H,16,17). The third-order valence-corrected chi connectivity index (χ3v) is 3.80. The van der Waals surface area contributed by atoms with E-state index < -0.39 is 38.8 Å². The molecule has 0 heterocycles. The first-order valence-corrected chi connectivity index (χ1v) is 7.02. The van der Waals surface area contributed by atoms with E-state index in [1.165, 1.54) is 0 Å². The topological polar surface area (TPSA) is 110 Å². The number of hydrogen-bond acceptors (Lipinski definition) is 5. The molecule has 11 heteroatoms. The number of carboxylic acid groups (broad SMARTS) is 1. The molecule has 1 rings (SSSR count). The third-order valence-electron chi connectivity index (χ3n) is 2.80. The number of hydrogen-bond donors (Lipinski definition) is 2. The van der Waals surface area contributed by atoms with Crippen LogP contribution in [0.15, 0.2) is 11.8 Å². The van der Waals surface area contributed by atoms with Gasteiger partial charge in [-0.15, -0.1) is 0 Å². The van der Waals surface area contributed by atoms with E-state index in [-0.39, 0.29) is 19.3 Å². The van der Waals surface area contributed by atoms with Crippen LogP contribution in [-0.2, 0) is 23.9 Å². The molecule has 120 valence electrons. The number of carbonyl (C=O) groups is 2. The normalized spacial score (nSPS) is 23.1. The zero-order valence-electron chi connectivity index (χ0n) is 10.7. The summed E-state index contributed by atoms with van der Waals surface area (Å²) in [5, 5.41) is 11.3. The van der Waals surface area contributed by atoms with Crippen LogP contribution in [0.1, 0.15) is 26.2 Å². The number of rotatable bonds is 4. The molecule has 7 nitrogen and oxygen atoms in total. The number of carbonyl (C=O) groups excluding carboxylic acids is 1.